The summed E-state index contributed by atoms with van der Waals surface area (Å²) in [4.78, 5) is 2.60. The van der Waals surface area contributed by atoms with Crippen LogP contribution in [0.3, 0.4) is 0 Å². The number of nitrogens with zero attached hydrogens (tertiary/aromatic N) is 1. The maximum absolute atomic E-state index is 5.70. The van der Waals surface area contributed by atoms with Crippen LogP contribution < -0.4 is 5.32 Å². The van der Waals surface area contributed by atoms with Crippen LogP contribution in [0.5, 0.6) is 0 Å². The predicted molar refractivity (Wildman–Crippen MR) is 75.8 cm³/mol. The molecular weight excluding hydrogens is 224 g/mol. The highest BCUT2D eigenvalue weighted by Gasteiger charge is 2.21. The van der Waals surface area contributed by atoms with Crippen molar-refractivity contribution < 1.29 is 4.74 Å². The van der Waals surface area contributed by atoms with Gasteiger partial charge in [0.15, 0.2) is 0 Å². The molecule has 106 valence electrons. The van der Waals surface area contributed by atoms with Gasteiger partial charge in [0.1, 0.15) is 0 Å². The number of hydrogen-bond donors (Lipinski definition) is 1. The van der Waals surface area contributed by atoms with Gasteiger partial charge in [0.05, 0.1) is 0 Å². The van der Waals surface area contributed by atoms with Crippen LogP contribution in [-0.2, 0) is 4.74 Å². The van der Waals surface area contributed by atoms with E-state index in [1.807, 2.05) is 0 Å². The van der Waals surface area contributed by atoms with E-state index in [0.29, 0.717) is 6.04 Å². The molecule has 0 radical (unpaired) electrons. The number of rotatable bonds is 8. The van der Waals surface area contributed by atoms with Crippen LogP contribution >= 0.6 is 0 Å². The molecule has 1 heterocycles. The Labute approximate surface area is 112 Å². The second-order valence-corrected chi connectivity index (χ2v) is 6.45. The summed E-state index contributed by atoms with van der Waals surface area (Å²) in [6, 6.07) is 0.700. The minimum atomic E-state index is 0.700. The lowest BCUT2D eigenvalue weighted by molar-refractivity contribution is 0.105. The van der Waals surface area contributed by atoms with E-state index in [-0.39, 0.29) is 0 Å². The maximum Gasteiger partial charge on any atom is 0.0494 e. The zero-order valence-electron chi connectivity index (χ0n) is 12.2. The summed E-state index contributed by atoms with van der Waals surface area (Å²) < 4.78 is 5.70. The van der Waals surface area contributed by atoms with Crippen molar-refractivity contribution >= 4 is 0 Å². The van der Waals surface area contributed by atoms with Gasteiger partial charge in [-0.1, -0.05) is 13.8 Å². The lowest BCUT2D eigenvalue weighted by atomic mass is 10.0. The molecule has 3 nitrogen and oxygen atoms in total. The second kappa shape index (κ2) is 7.46. The van der Waals surface area contributed by atoms with Gasteiger partial charge in [-0.25, -0.2) is 0 Å². The fraction of sp³-hybridized carbons (Fsp3) is 1.00. The molecule has 2 aliphatic rings. The van der Waals surface area contributed by atoms with Crippen molar-refractivity contribution in [2.45, 2.75) is 45.6 Å². The van der Waals surface area contributed by atoms with Crippen molar-refractivity contribution in [1.82, 2.24) is 10.2 Å². The van der Waals surface area contributed by atoms with Gasteiger partial charge in [-0.2, -0.15) is 0 Å². The standard InChI is InChI=1S/C15H30N2O/c1-13(2)10-15-11-17(8-6-16-15)7-3-9-18-12-14-4-5-14/h13-16H,3-12H2,1-2H3. The fourth-order valence-corrected chi connectivity index (χ4v) is 2.75. The molecule has 0 bridgehead atoms. The van der Waals surface area contributed by atoms with Crippen LogP contribution in [0.15, 0.2) is 0 Å². The summed E-state index contributed by atoms with van der Waals surface area (Å²) in [5.41, 5.74) is 0. The van der Waals surface area contributed by atoms with Crippen molar-refractivity contribution in [2.24, 2.45) is 11.8 Å². The molecule has 3 heteroatoms. The number of hydrogen-bond acceptors (Lipinski definition) is 3. The van der Waals surface area contributed by atoms with Crippen molar-refractivity contribution in [3.63, 3.8) is 0 Å². The predicted octanol–water partition coefficient (Wildman–Crippen LogP) is 2.12. The monoisotopic (exact) mass is 254 g/mol. The lowest BCUT2D eigenvalue weighted by Gasteiger charge is -2.34. The van der Waals surface area contributed by atoms with E-state index in [1.165, 1.54) is 45.3 Å². The summed E-state index contributed by atoms with van der Waals surface area (Å²) in [5, 5.41) is 3.63. The van der Waals surface area contributed by atoms with Crippen molar-refractivity contribution in [3.8, 4) is 0 Å². The zero-order chi connectivity index (χ0) is 12.8. The van der Waals surface area contributed by atoms with Crippen LogP contribution in [0.25, 0.3) is 0 Å². The van der Waals surface area contributed by atoms with Gasteiger partial charge in [0.2, 0.25) is 0 Å². The number of ether oxygens (including phenoxy) is 1. The minimum absolute atomic E-state index is 0.700. The molecule has 0 aromatic rings. The summed E-state index contributed by atoms with van der Waals surface area (Å²) >= 11 is 0. The highest BCUT2D eigenvalue weighted by molar-refractivity contribution is 4.79. The molecule has 1 N–H and O–H groups in total. The summed E-state index contributed by atoms with van der Waals surface area (Å²) in [5.74, 6) is 1.70. The molecule has 1 unspecified atom stereocenters. The molecule has 2 rings (SSSR count). The van der Waals surface area contributed by atoms with Gasteiger partial charge >= 0.3 is 0 Å². The van der Waals surface area contributed by atoms with Gasteiger partial charge in [-0.15, -0.1) is 0 Å². The van der Waals surface area contributed by atoms with Crippen LogP contribution in [0.2, 0.25) is 0 Å². The van der Waals surface area contributed by atoms with Crippen LogP contribution in [0.1, 0.15) is 39.5 Å². The Hall–Kier alpha value is -0.120. The summed E-state index contributed by atoms with van der Waals surface area (Å²) in [6.45, 7) is 11.4. The van der Waals surface area contributed by atoms with Crippen LogP contribution in [-0.4, -0.2) is 50.3 Å². The second-order valence-electron chi connectivity index (χ2n) is 6.45. The first-order valence-corrected chi connectivity index (χ1v) is 7.77. The van der Waals surface area contributed by atoms with Crippen molar-refractivity contribution in [1.29, 1.82) is 0 Å². The third-order valence-electron chi connectivity index (χ3n) is 3.91. The van der Waals surface area contributed by atoms with Crippen LogP contribution in [0, 0.1) is 11.8 Å². The highest BCUT2D eigenvalue weighted by Crippen LogP contribution is 2.28. The Bertz CT molecular complexity index is 229. The Morgan fingerprint density at radius 3 is 2.89 bits per heavy atom. The van der Waals surface area contributed by atoms with Gasteiger partial charge in [-0.05, 0) is 37.5 Å². The van der Waals surface area contributed by atoms with E-state index >= 15 is 0 Å². The Morgan fingerprint density at radius 1 is 1.33 bits per heavy atom. The first-order chi connectivity index (χ1) is 8.74. The van der Waals surface area contributed by atoms with Gasteiger partial charge in [0, 0.05) is 45.4 Å². The van der Waals surface area contributed by atoms with E-state index in [1.54, 1.807) is 0 Å². The molecular formula is C15H30N2O. The van der Waals surface area contributed by atoms with E-state index in [9.17, 15) is 0 Å². The smallest absolute Gasteiger partial charge is 0.0494 e. The van der Waals surface area contributed by atoms with E-state index in [0.717, 1.165) is 31.6 Å². The van der Waals surface area contributed by atoms with E-state index in [4.69, 9.17) is 4.74 Å². The molecule has 1 aliphatic heterocycles. The largest absolute Gasteiger partial charge is 0.381 e. The van der Waals surface area contributed by atoms with E-state index in [2.05, 4.69) is 24.1 Å². The maximum atomic E-state index is 5.70. The lowest BCUT2D eigenvalue weighted by Crippen LogP contribution is -2.51. The third-order valence-corrected chi connectivity index (χ3v) is 3.91. The van der Waals surface area contributed by atoms with Crippen molar-refractivity contribution in [3.05, 3.63) is 0 Å². The average Bonchev–Trinajstić information content (AvgIpc) is 3.12. The van der Waals surface area contributed by atoms with Gasteiger partial charge in [-0.3, -0.25) is 0 Å². The SMILES string of the molecule is CC(C)CC1CN(CCCOCC2CC2)CCN1. The normalized spacial score (nSPS) is 25.8. The fourth-order valence-electron chi connectivity index (χ4n) is 2.75. The van der Waals surface area contributed by atoms with E-state index < -0.39 is 0 Å². The Morgan fingerprint density at radius 2 is 2.17 bits per heavy atom. The quantitative estimate of drug-likeness (QED) is 0.672. The molecule has 0 amide bonds. The molecule has 1 saturated carbocycles. The average molecular weight is 254 g/mol. The number of piperazine rings is 1. The van der Waals surface area contributed by atoms with Crippen LogP contribution in [0.4, 0.5) is 0 Å². The molecule has 18 heavy (non-hydrogen) atoms. The summed E-state index contributed by atoms with van der Waals surface area (Å²) in [7, 11) is 0. The molecule has 1 saturated heterocycles. The van der Waals surface area contributed by atoms with Gasteiger partial charge in [0.25, 0.3) is 0 Å². The molecule has 1 atom stereocenters. The first-order valence-electron chi connectivity index (χ1n) is 7.77. The molecule has 2 fully saturated rings. The zero-order valence-corrected chi connectivity index (χ0v) is 12.2. The molecule has 0 spiro atoms. The Balaban J connectivity index is 1.51. The minimum Gasteiger partial charge on any atom is -0.381 e. The van der Waals surface area contributed by atoms with Crippen molar-refractivity contribution in [2.75, 3.05) is 39.4 Å². The Kier molecular flexibility index (Phi) is 5.93. The molecule has 0 aromatic carbocycles. The first kappa shape index (κ1) is 14.3. The molecule has 0 aromatic heterocycles. The van der Waals surface area contributed by atoms with Gasteiger partial charge < -0.3 is 15.0 Å². The topological polar surface area (TPSA) is 24.5 Å². The number of nitrogens with one attached hydrogen (secondary N) is 1. The highest BCUT2D eigenvalue weighted by atomic mass is 16.5. The molecule has 1 aliphatic carbocycles. The summed E-state index contributed by atoms with van der Waals surface area (Å²) in [6.07, 6.45) is 5.29. The third kappa shape index (κ3) is 5.68.